The quantitative estimate of drug-likeness (QED) is 0.189. The van der Waals surface area contributed by atoms with Crippen LogP contribution in [0.4, 0.5) is 17.1 Å². The van der Waals surface area contributed by atoms with Crippen molar-refractivity contribution in [2.75, 3.05) is 4.90 Å². The molecule has 47 heavy (non-hydrogen) atoms. The first kappa shape index (κ1) is 28.6. The SMILES string of the molecule is CC1(C)c2cc(N(c3ccccc3)c3ccc4sc5ccccc5c4c3)ccc2-c2ccc3c(c21)C(C)(C)C(C)(C)c1ccccc1-3. The second kappa shape index (κ2) is 9.69. The summed E-state index contributed by atoms with van der Waals surface area (Å²) in [6, 6.07) is 47.6. The van der Waals surface area contributed by atoms with E-state index in [4.69, 9.17) is 0 Å². The van der Waals surface area contributed by atoms with E-state index in [1.165, 1.54) is 76.1 Å². The average molecular weight is 626 g/mol. The summed E-state index contributed by atoms with van der Waals surface area (Å²) in [5.74, 6) is 0. The maximum atomic E-state index is 2.47. The van der Waals surface area contributed by atoms with Gasteiger partial charge < -0.3 is 4.90 Å². The fraction of sp³-hybridized carbons (Fsp3) is 0.200. The zero-order valence-corrected chi connectivity index (χ0v) is 28.8. The molecule has 2 aliphatic carbocycles. The summed E-state index contributed by atoms with van der Waals surface area (Å²) in [6.45, 7) is 14.7. The fourth-order valence-corrected chi connectivity index (χ4v) is 9.78. The summed E-state index contributed by atoms with van der Waals surface area (Å²) < 4.78 is 2.66. The lowest BCUT2D eigenvalue weighted by Gasteiger charge is -2.50. The Balaban J connectivity index is 1.25. The number of rotatable bonds is 3. The highest BCUT2D eigenvalue weighted by atomic mass is 32.1. The Morgan fingerprint density at radius 2 is 1.02 bits per heavy atom. The molecule has 1 heterocycles. The molecule has 230 valence electrons. The topological polar surface area (TPSA) is 3.24 Å². The molecule has 0 radical (unpaired) electrons. The van der Waals surface area contributed by atoms with Gasteiger partial charge in [0.15, 0.2) is 0 Å². The van der Waals surface area contributed by atoms with Crippen LogP contribution in [0.5, 0.6) is 0 Å². The molecule has 6 aromatic carbocycles. The lowest BCUT2D eigenvalue weighted by atomic mass is 9.53. The van der Waals surface area contributed by atoms with Crippen molar-refractivity contribution in [1.82, 2.24) is 0 Å². The Morgan fingerprint density at radius 3 is 1.83 bits per heavy atom. The minimum atomic E-state index is -0.165. The zero-order valence-electron chi connectivity index (χ0n) is 28.0. The third-order valence-corrected chi connectivity index (χ3v) is 12.9. The number of thiophene rings is 1. The van der Waals surface area contributed by atoms with E-state index in [0.29, 0.717) is 0 Å². The van der Waals surface area contributed by atoms with Crippen LogP contribution in [0.15, 0.2) is 127 Å². The van der Waals surface area contributed by atoms with Crippen LogP contribution in [0.2, 0.25) is 0 Å². The molecule has 1 nitrogen and oxygen atoms in total. The van der Waals surface area contributed by atoms with Crippen molar-refractivity contribution in [3.8, 4) is 22.3 Å². The molecular weight excluding hydrogens is 587 g/mol. The summed E-state index contributed by atoms with van der Waals surface area (Å²) in [5.41, 5.74) is 14.7. The highest BCUT2D eigenvalue weighted by Gasteiger charge is 2.50. The molecule has 0 spiro atoms. The molecule has 2 heteroatoms. The standard InChI is InChI=1S/C45H39NS/c1-43(2)38-27-30(46(28-14-8-7-9-15-28)29-21-25-40-36(26-29)33-17-11-13-19-39(33)47-40)20-22-32(38)34-23-24-35-31-16-10-12-18-37(31)44(3,4)45(5,6)42(35)41(34)43/h7-27H,1-6H3. The third kappa shape index (κ3) is 3.82. The van der Waals surface area contributed by atoms with Gasteiger partial charge in [0.25, 0.3) is 0 Å². The molecule has 2 aliphatic rings. The van der Waals surface area contributed by atoms with Crippen molar-refractivity contribution in [3.05, 3.63) is 150 Å². The second-order valence-electron chi connectivity index (χ2n) is 15.0. The molecule has 0 amide bonds. The van der Waals surface area contributed by atoms with Gasteiger partial charge in [-0.3, -0.25) is 0 Å². The van der Waals surface area contributed by atoms with Crippen LogP contribution in [0.3, 0.4) is 0 Å². The van der Waals surface area contributed by atoms with Crippen molar-refractivity contribution in [2.45, 2.75) is 57.8 Å². The average Bonchev–Trinajstić information content (AvgIpc) is 3.56. The normalized spacial score (nSPS) is 16.4. The molecule has 9 rings (SSSR count). The van der Waals surface area contributed by atoms with Crippen molar-refractivity contribution in [1.29, 1.82) is 0 Å². The van der Waals surface area contributed by atoms with Gasteiger partial charge >= 0.3 is 0 Å². The highest BCUT2D eigenvalue weighted by molar-refractivity contribution is 7.25. The van der Waals surface area contributed by atoms with E-state index in [0.717, 1.165) is 5.69 Å². The fourth-order valence-electron chi connectivity index (χ4n) is 8.70. The van der Waals surface area contributed by atoms with Gasteiger partial charge in [-0.2, -0.15) is 0 Å². The van der Waals surface area contributed by atoms with Crippen molar-refractivity contribution >= 4 is 48.6 Å². The predicted molar refractivity (Wildman–Crippen MR) is 203 cm³/mol. The number of fused-ring (bicyclic) bond motifs is 10. The van der Waals surface area contributed by atoms with Crippen molar-refractivity contribution < 1.29 is 0 Å². The van der Waals surface area contributed by atoms with Gasteiger partial charge in [-0.1, -0.05) is 120 Å². The molecule has 0 saturated heterocycles. The Hall–Kier alpha value is -4.66. The lowest BCUT2D eigenvalue weighted by molar-refractivity contribution is 0.295. The van der Waals surface area contributed by atoms with Gasteiger partial charge in [0.1, 0.15) is 0 Å². The first-order valence-corrected chi connectivity index (χ1v) is 17.6. The lowest BCUT2D eigenvalue weighted by Crippen LogP contribution is -2.45. The van der Waals surface area contributed by atoms with E-state index < -0.39 is 0 Å². The van der Waals surface area contributed by atoms with Gasteiger partial charge in [-0.05, 0) is 104 Å². The van der Waals surface area contributed by atoms with Crippen LogP contribution < -0.4 is 4.90 Å². The molecule has 7 aromatic rings. The molecule has 0 fully saturated rings. The Labute approximate surface area is 282 Å². The van der Waals surface area contributed by atoms with E-state index in [1.807, 2.05) is 11.3 Å². The third-order valence-electron chi connectivity index (χ3n) is 11.8. The van der Waals surface area contributed by atoms with Gasteiger partial charge in [-0.25, -0.2) is 0 Å². The molecule has 0 atom stereocenters. The molecule has 0 bridgehead atoms. The zero-order chi connectivity index (χ0) is 32.3. The molecular formula is C45H39NS. The van der Waals surface area contributed by atoms with E-state index in [9.17, 15) is 0 Å². The Bertz CT molecular complexity index is 2390. The Kier molecular flexibility index (Phi) is 5.88. The number of nitrogens with zero attached hydrogens (tertiary/aromatic N) is 1. The minimum absolute atomic E-state index is 0.0175. The monoisotopic (exact) mass is 625 g/mol. The van der Waals surface area contributed by atoms with Crippen LogP contribution in [0.25, 0.3) is 42.4 Å². The number of benzene rings is 6. The predicted octanol–water partition coefficient (Wildman–Crippen LogP) is 13.1. The Morgan fingerprint density at radius 1 is 0.426 bits per heavy atom. The molecule has 0 N–H and O–H groups in total. The number of para-hydroxylation sites is 1. The maximum Gasteiger partial charge on any atom is 0.0468 e. The summed E-state index contributed by atoms with van der Waals surface area (Å²) in [4.78, 5) is 2.43. The number of hydrogen-bond donors (Lipinski definition) is 0. The van der Waals surface area contributed by atoms with E-state index in [2.05, 4.69) is 174 Å². The number of hydrogen-bond acceptors (Lipinski definition) is 2. The molecule has 0 unspecified atom stereocenters. The first-order chi connectivity index (χ1) is 22.6. The largest absolute Gasteiger partial charge is 0.310 e. The van der Waals surface area contributed by atoms with Gasteiger partial charge in [-0.15, -0.1) is 11.3 Å². The van der Waals surface area contributed by atoms with Crippen LogP contribution in [-0.2, 0) is 16.2 Å². The molecule has 0 saturated carbocycles. The van der Waals surface area contributed by atoms with Gasteiger partial charge in [0.2, 0.25) is 0 Å². The highest BCUT2D eigenvalue weighted by Crippen LogP contribution is 2.61. The smallest absolute Gasteiger partial charge is 0.0468 e. The van der Waals surface area contributed by atoms with Crippen LogP contribution >= 0.6 is 11.3 Å². The van der Waals surface area contributed by atoms with E-state index in [1.54, 1.807) is 0 Å². The second-order valence-corrected chi connectivity index (χ2v) is 16.1. The number of anilines is 3. The van der Waals surface area contributed by atoms with Gasteiger partial charge in [0, 0.05) is 42.6 Å². The van der Waals surface area contributed by atoms with E-state index >= 15 is 0 Å². The van der Waals surface area contributed by atoms with Gasteiger partial charge in [0.05, 0.1) is 0 Å². The summed E-state index contributed by atoms with van der Waals surface area (Å²) >= 11 is 1.87. The minimum Gasteiger partial charge on any atom is -0.310 e. The van der Waals surface area contributed by atoms with E-state index in [-0.39, 0.29) is 16.2 Å². The first-order valence-electron chi connectivity index (χ1n) is 16.8. The van der Waals surface area contributed by atoms with Crippen LogP contribution in [0, 0.1) is 0 Å². The summed E-state index contributed by atoms with van der Waals surface area (Å²) in [7, 11) is 0. The molecule has 1 aromatic heterocycles. The van der Waals surface area contributed by atoms with Crippen molar-refractivity contribution in [3.63, 3.8) is 0 Å². The van der Waals surface area contributed by atoms with Crippen molar-refractivity contribution in [2.24, 2.45) is 0 Å². The molecule has 0 aliphatic heterocycles. The van der Waals surface area contributed by atoms with Crippen LogP contribution in [0.1, 0.15) is 63.8 Å². The van der Waals surface area contributed by atoms with Crippen LogP contribution in [-0.4, -0.2) is 0 Å². The maximum absolute atomic E-state index is 2.47. The summed E-state index contributed by atoms with van der Waals surface area (Å²) in [5, 5.41) is 2.64. The summed E-state index contributed by atoms with van der Waals surface area (Å²) in [6.07, 6.45) is 0.